The third kappa shape index (κ3) is 3.13. The molecule has 2 N–H and O–H groups in total. The number of aromatic nitrogens is 1. The van der Waals surface area contributed by atoms with Crippen LogP contribution in [0.1, 0.15) is 36.5 Å². The molecule has 1 aliphatic carbocycles. The smallest absolute Gasteiger partial charge is 0.255 e. The minimum absolute atomic E-state index is 0.0390. The maximum Gasteiger partial charge on any atom is 0.255 e. The summed E-state index contributed by atoms with van der Waals surface area (Å²) < 4.78 is 0. The Morgan fingerprint density at radius 1 is 1.61 bits per heavy atom. The van der Waals surface area contributed by atoms with Gasteiger partial charge in [0.05, 0.1) is 10.6 Å². The van der Waals surface area contributed by atoms with Crippen LogP contribution in [0.3, 0.4) is 0 Å². The third-order valence-corrected chi connectivity index (χ3v) is 3.36. The van der Waals surface area contributed by atoms with Crippen LogP contribution in [0.5, 0.6) is 0 Å². The van der Waals surface area contributed by atoms with Crippen molar-refractivity contribution >= 4 is 23.3 Å². The molecule has 1 heterocycles. The zero-order valence-electron chi connectivity index (χ0n) is 10.5. The van der Waals surface area contributed by atoms with Crippen LogP contribution < -0.4 is 5.73 Å². The number of nitrogens with two attached hydrogens (primary N) is 1. The maximum atomic E-state index is 12.4. The topological polar surface area (TPSA) is 59.2 Å². The summed E-state index contributed by atoms with van der Waals surface area (Å²) in [6, 6.07) is 1.56. The van der Waals surface area contributed by atoms with Gasteiger partial charge in [0.25, 0.3) is 5.91 Å². The van der Waals surface area contributed by atoms with Gasteiger partial charge in [0.1, 0.15) is 5.82 Å². The van der Waals surface area contributed by atoms with Crippen LogP contribution in [0.25, 0.3) is 0 Å². The van der Waals surface area contributed by atoms with E-state index in [2.05, 4.69) is 11.9 Å². The summed E-state index contributed by atoms with van der Waals surface area (Å²) in [5.74, 6) is 0.951. The van der Waals surface area contributed by atoms with Crippen LogP contribution in [0, 0.1) is 5.92 Å². The molecule has 1 aromatic rings. The summed E-state index contributed by atoms with van der Waals surface area (Å²) in [7, 11) is 0. The zero-order valence-corrected chi connectivity index (χ0v) is 11.3. The van der Waals surface area contributed by atoms with Gasteiger partial charge in [-0.05, 0) is 31.2 Å². The lowest BCUT2D eigenvalue weighted by molar-refractivity contribution is 0.0748. The molecule has 1 aromatic heterocycles. The molecule has 0 bridgehead atoms. The Hall–Kier alpha value is -1.29. The van der Waals surface area contributed by atoms with Gasteiger partial charge in [-0.3, -0.25) is 4.79 Å². The van der Waals surface area contributed by atoms with Gasteiger partial charge in [-0.1, -0.05) is 18.5 Å². The lowest BCUT2D eigenvalue weighted by atomic mass is 10.2. The molecule has 1 saturated carbocycles. The van der Waals surface area contributed by atoms with Crippen molar-refractivity contribution in [2.45, 2.75) is 26.2 Å². The largest absolute Gasteiger partial charge is 0.384 e. The van der Waals surface area contributed by atoms with Crippen molar-refractivity contribution in [1.29, 1.82) is 0 Å². The van der Waals surface area contributed by atoms with Gasteiger partial charge < -0.3 is 10.6 Å². The molecule has 18 heavy (non-hydrogen) atoms. The fourth-order valence-corrected chi connectivity index (χ4v) is 2.13. The lowest BCUT2D eigenvalue weighted by Crippen LogP contribution is -2.33. The highest BCUT2D eigenvalue weighted by molar-refractivity contribution is 6.33. The van der Waals surface area contributed by atoms with Gasteiger partial charge in [-0.2, -0.15) is 0 Å². The number of amides is 1. The number of nitrogen functional groups attached to an aromatic ring is 1. The van der Waals surface area contributed by atoms with E-state index in [9.17, 15) is 4.79 Å². The molecule has 0 unspecified atom stereocenters. The molecule has 0 radical (unpaired) electrons. The van der Waals surface area contributed by atoms with Crippen molar-refractivity contribution in [3.63, 3.8) is 0 Å². The fourth-order valence-electron chi connectivity index (χ4n) is 1.95. The number of pyridine rings is 1. The minimum atomic E-state index is -0.0390. The highest BCUT2D eigenvalue weighted by atomic mass is 35.5. The van der Waals surface area contributed by atoms with Crippen LogP contribution >= 0.6 is 11.6 Å². The Bertz CT molecular complexity index is 446. The monoisotopic (exact) mass is 267 g/mol. The van der Waals surface area contributed by atoms with Crippen molar-refractivity contribution in [3.05, 3.63) is 22.8 Å². The van der Waals surface area contributed by atoms with E-state index in [1.54, 1.807) is 6.07 Å². The van der Waals surface area contributed by atoms with E-state index in [-0.39, 0.29) is 5.91 Å². The fraction of sp³-hybridized carbons (Fsp3) is 0.538. The SMILES string of the molecule is CCCN(CC1CC1)C(=O)c1cc(N)ncc1Cl. The van der Waals surface area contributed by atoms with E-state index in [0.717, 1.165) is 19.5 Å². The van der Waals surface area contributed by atoms with E-state index < -0.39 is 0 Å². The van der Waals surface area contributed by atoms with Crippen LogP contribution in [-0.2, 0) is 0 Å². The molecule has 0 aromatic carbocycles. The van der Waals surface area contributed by atoms with Crippen molar-refractivity contribution in [3.8, 4) is 0 Å². The molecule has 1 amide bonds. The Morgan fingerprint density at radius 2 is 2.33 bits per heavy atom. The first-order valence-corrected chi connectivity index (χ1v) is 6.70. The quantitative estimate of drug-likeness (QED) is 0.892. The Labute approximate surface area is 112 Å². The average Bonchev–Trinajstić information content (AvgIpc) is 3.15. The standard InChI is InChI=1S/C13H18ClN3O/c1-2-5-17(8-9-3-4-9)13(18)10-6-12(15)16-7-11(10)14/h6-7,9H,2-5,8H2,1H3,(H2,15,16). The van der Waals surface area contributed by atoms with Gasteiger partial charge in [0.2, 0.25) is 0 Å². The van der Waals surface area contributed by atoms with Crippen LogP contribution in [-0.4, -0.2) is 28.9 Å². The molecule has 0 spiro atoms. The first-order valence-electron chi connectivity index (χ1n) is 6.32. The normalized spacial score (nSPS) is 14.6. The second-order valence-corrected chi connectivity index (χ2v) is 5.19. The molecule has 5 heteroatoms. The highest BCUT2D eigenvalue weighted by Gasteiger charge is 2.27. The number of carbonyl (C=O) groups excluding carboxylic acids is 1. The zero-order chi connectivity index (χ0) is 13.1. The van der Waals surface area contributed by atoms with E-state index >= 15 is 0 Å². The minimum Gasteiger partial charge on any atom is -0.384 e. The summed E-state index contributed by atoms with van der Waals surface area (Å²) in [5, 5.41) is 0.367. The Kier molecular flexibility index (Phi) is 4.07. The summed E-state index contributed by atoms with van der Waals surface area (Å²) >= 11 is 6.02. The number of hydrogen-bond donors (Lipinski definition) is 1. The first-order chi connectivity index (χ1) is 8.61. The second kappa shape index (κ2) is 5.57. The van der Waals surface area contributed by atoms with Crippen molar-refractivity contribution in [1.82, 2.24) is 9.88 Å². The number of carbonyl (C=O) groups is 1. The molecule has 0 saturated heterocycles. The molecule has 0 atom stereocenters. The molecular weight excluding hydrogens is 250 g/mol. The van der Waals surface area contributed by atoms with Crippen molar-refractivity contribution < 1.29 is 4.79 Å². The Morgan fingerprint density at radius 3 is 2.94 bits per heavy atom. The summed E-state index contributed by atoms with van der Waals surface area (Å²) in [4.78, 5) is 18.2. The highest BCUT2D eigenvalue weighted by Crippen LogP contribution is 2.30. The molecule has 98 valence electrons. The number of anilines is 1. The molecule has 2 rings (SSSR count). The van der Waals surface area contributed by atoms with E-state index in [0.29, 0.717) is 22.3 Å². The lowest BCUT2D eigenvalue weighted by Gasteiger charge is -2.22. The van der Waals surface area contributed by atoms with Crippen molar-refractivity contribution in [2.24, 2.45) is 5.92 Å². The molecule has 4 nitrogen and oxygen atoms in total. The van der Waals surface area contributed by atoms with Crippen LogP contribution in [0.15, 0.2) is 12.3 Å². The second-order valence-electron chi connectivity index (χ2n) is 4.78. The molecule has 0 aliphatic heterocycles. The van der Waals surface area contributed by atoms with E-state index in [1.165, 1.54) is 19.0 Å². The maximum absolute atomic E-state index is 12.4. The van der Waals surface area contributed by atoms with Gasteiger partial charge in [-0.25, -0.2) is 4.98 Å². The van der Waals surface area contributed by atoms with Crippen molar-refractivity contribution in [2.75, 3.05) is 18.8 Å². The summed E-state index contributed by atoms with van der Waals surface area (Å²) in [6.07, 6.45) is 4.82. The predicted molar refractivity (Wildman–Crippen MR) is 72.6 cm³/mol. The van der Waals surface area contributed by atoms with E-state index in [4.69, 9.17) is 17.3 Å². The van der Waals surface area contributed by atoms with Crippen LogP contribution in [0.2, 0.25) is 5.02 Å². The predicted octanol–water partition coefficient (Wildman–Crippen LogP) is 2.58. The Balaban J connectivity index is 2.17. The van der Waals surface area contributed by atoms with Gasteiger partial charge in [0.15, 0.2) is 0 Å². The number of nitrogens with zero attached hydrogens (tertiary/aromatic N) is 2. The molecular formula is C13H18ClN3O. The number of rotatable bonds is 5. The average molecular weight is 268 g/mol. The van der Waals surface area contributed by atoms with E-state index in [1.807, 2.05) is 4.90 Å². The molecule has 1 fully saturated rings. The number of hydrogen-bond acceptors (Lipinski definition) is 3. The van der Waals surface area contributed by atoms with Crippen LogP contribution in [0.4, 0.5) is 5.82 Å². The van der Waals surface area contributed by atoms with Gasteiger partial charge in [0, 0.05) is 19.3 Å². The third-order valence-electron chi connectivity index (χ3n) is 3.06. The molecule has 1 aliphatic rings. The van der Waals surface area contributed by atoms with Gasteiger partial charge >= 0.3 is 0 Å². The van der Waals surface area contributed by atoms with Gasteiger partial charge in [-0.15, -0.1) is 0 Å². The summed E-state index contributed by atoms with van der Waals surface area (Å²) in [6.45, 7) is 3.65. The summed E-state index contributed by atoms with van der Waals surface area (Å²) in [5.41, 5.74) is 6.07. The number of halogens is 1. The first kappa shape index (κ1) is 13.1.